The van der Waals surface area contributed by atoms with E-state index in [1.807, 2.05) is 11.8 Å². The van der Waals surface area contributed by atoms with Crippen LogP contribution in [0.15, 0.2) is 42.9 Å². The summed E-state index contributed by atoms with van der Waals surface area (Å²) in [5, 5.41) is 32.9. The number of nitriles is 1. The van der Waals surface area contributed by atoms with Gasteiger partial charge in [0.15, 0.2) is 0 Å². The number of benzene rings is 1. The topological polar surface area (TPSA) is 144 Å². The van der Waals surface area contributed by atoms with Crippen molar-refractivity contribution in [1.29, 1.82) is 10.7 Å². The van der Waals surface area contributed by atoms with E-state index < -0.39 is 11.7 Å². The summed E-state index contributed by atoms with van der Waals surface area (Å²) in [5.41, 5.74) is 7.58. The number of anilines is 2. The van der Waals surface area contributed by atoms with Crippen LogP contribution in [0.2, 0.25) is 10.0 Å². The largest absolute Gasteiger partial charge is 0.486 e. The summed E-state index contributed by atoms with van der Waals surface area (Å²) in [4.78, 5) is 10.5. The number of hydrogen-bond donors (Lipinski definition) is 4. The molecule has 0 unspecified atom stereocenters. The maximum atomic E-state index is 10.0. The Morgan fingerprint density at radius 3 is 2.56 bits per heavy atom. The smallest absolute Gasteiger partial charge is 0.146 e. The quantitative estimate of drug-likeness (QED) is 0.214. The molecule has 0 spiro atoms. The summed E-state index contributed by atoms with van der Waals surface area (Å²) in [7, 11) is 0. The Kier molecular flexibility index (Phi) is 8.05. The van der Waals surface area contributed by atoms with Gasteiger partial charge < -0.3 is 25.8 Å². The molecule has 1 fully saturated rings. The van der Waals surface area contributed by atoms with Gasteiger partial charge in [-0.1, -0.05) is 23.2 Å². The minimum absolute atomic E-state index is 0.112. The molecule has 1 aliphatic heterocycles. The highest BCUT2D eigenvalue weighted by Crippen LogP contribution is 2.34. The van der Waals surface area contributed by atoms with Crippen LogP contribution >= 0.6 is 23.2 Å². The standard InChI is InChI=1S/C28H31Cl2N7O2/c1-16(24-21(29)11-34-12-22(24)30)39-19-5-6-23(32)20(8-19)25(33)18-7-17(9-31)26(35-10-18)37-14-28(4,15-37)36-13-27(2,3)38/h5-8,10-12,16,33,36,38H,13-15,32H2,1-4H3/t16-/m1/s1. The predicted octanol–water partition coefficient (Wildman–Crippen LogP) is 4.73. The van der Waals surface area contributed by atoms with Gasteiger partial charge in [-0.05, 0) is 52.0 Å². The second-order valence-electron chi connectivity index (χ2n) is 10.7. The van der Waals surface area contributed by atoms with Crippen LogP contribution in [0, 0.1) is 16.7 Å². The van der Waals surface area contributed by atoms with Crippen molar-refractivity contribution in [3.8, 4) is 11.8 Å². The van der Waals surface area contributed by atoms with Crippen LogP contribution < -0.4 is 20.7 Å². The molecule has 5 N–H and O–H groups in total. The first kappa shape index (κ1) is 28.6. The zero-order valence-corrected chi connectivity index (χ0v) is 23.7. The van der Waals surface area contributed by atoms with Crippen molar-refractivity contribution in [2.45, 2.75) is 44.9 Å². The van der Waals surface area contributed by atoms with Gasteiger partial charge in [-0.2, -0.15) is 5.26 Å². The summed E-state index contributed by atoms with van der Waals surface area (Å²) < 4.78 is 6.08. The number of rotatable bonds is 9. The van der Waals surface area contributed by atoms with E-state index in [0.29, 0.717) is 69.2 Å². The van der Waals surface area contributed by atoms with Crippen molar-refractivity contribution in [3.63, 3.8) is 0 Å². The molecule has 0 aliphatic carbocycles. The van der Waals surface area contributed by atoms with E-state index in [-0.39, 0.29) is 11.3 Å². The molecule has 2 aromatic heterocycles. The molecule has 1 atom stereocenters. The number of aliphatic hydroxyl groups is 1. The van der Waals surface area contributed by atoms with Gasteiger partial charge in [-0.15, -0.1) is 0 Å². The Labute approximate surface area is 238 Å². The molecule has 1 aliphatic rings. The average Bonchev–Trinajstić information content (AvgIpc) is 2.85. The van der Waals surface area contributed by atoms with Crippen molar-refractivity contribution in [1.82, 2.24) is 15.3 Å². The highest BCUT2D eigenvalue weighted by atomic mass is 35.5. The summed E-state index contributed by atoms with van der Waals surface area (Å²) in [6.45, 7) is 9.12. The lowest BCUT2D eigenvalue weighted by Crippen LogP contribution is -2.69. The fourth-order valence-electron chi connectivity index (χ4n) is 4.47. The van der Waals surface area contributed by atoms with Crippen molar-refractivity contribution >= 4 is 40.4 Å². The molecule has 4 rings (SSSR count). The number of nitrogens with two attached hydrogens (primary N) is 1. The summed E-state index contributed by atoms with van der Waals surface area (Å²) in [5.74, 6) is 1.03. The van der Waals surface area contributed by atoms with Crippen molar-refractivity contribution in [2.24, 2.45) is 0 Å². The van der Waals surface area contributed by atoms with Gasteiger partial charge in [0.05, 0.1) is 32.5 Å². The molecule has 0 radical (unpaired) electrons. The van der Waals surface area contributed by atoms with Crippen LogP contribution in [0.1, 0.15) is 56.1 Å². The average molecular weight is 569 g/mol. The summed E-state index contributed by atoms with van der Waals surface area (Å²) in [6, 6.07) is 8.90. The fourth-order valence-corrected chi connectivity index (χ4v) is 5.14. The number of halogens is 2. The lowest BCUT2D eigenvalue weighted by atomic mass is 9.90. The monoisotopic (exact) mass is 567 g/mol. The van der Waals surface area contributed by atoms with Gasteiger partial charge in [0.25, 0.3) is 0 Å². The minimum Gasteiger partial charge on any atom is -0.486 e. The van der Waals surface area contributed by atoms with E-state index in [0.717, 1.165) is 0 Å². The Morgan fingerprint density at radius 1 is 1.28 bits per heavy atom. The zero-order valence-electron chi connectivity index (χ0n) is 22.2. The van der Waals surface area contributed by atoms with Gasteiger partial charge >= 0.3 is 0 Å². The van der Waals surface area contributed by atoms with Crippen molar-refractivity contribution in [2.75, 3.05) is 30.3 Å². The molecule has 0 amide bonds. The van der Waals surface area contributed by atoms with Gasteiger partial charge in [0.1, 0.15) is 23.7 Å². The molecule has 204 valence electrons. The highest BCUT2D eigenvalue weighted by Gasteiger charge is 2.40. The lowest BCUT2D eigenvalue weighted by molar-refractivity contribution is 0.0664. The second-order valence-corrected chi connectivity index (χ2v) is 11.5. The molecule has 1 saturated heterocycles. The van der Waals surface area contributed by atoms with Crippen molar-refractivity contribution in [3.05, 3.63) is 75.2 Å². The van der Waals surface area contributed by atoms with Crippen LogP contribution in [0.3, 0.4) is 0 Å². The minimum atomic E-state index is -0.817. The first-order valence-electron chi connectivity index (χ1n) is 12.4. The van der Waals surface area contributed by atoms with Crippen LogP contribution in [0.5, 0.6) is 5.75 Å². The van der Waals surface area contributed by atoms with E-state index in [2.05, 4.69) is 28.3 Å². The number of aromatic nitrogens is 2. The Balaban J connectivity index is 1.52. The first-order valence-corrected chi connectivity index (χ1v) is 13.1. The summed E-state index contributed by atoms with van der Waals surface area (Å²) >= 11 is 12.5. The number of hydrogen-bond acceptors (Lipinski definition) is 9. The summed E-state index contributed by atoms with van der Waals surface area (Å²) in [6.07, 6.45) is 4.10. The van der Waals surface area contributed by atoms with E-state index in [9.17, 15) is 10.4 Å². The Morgan fingerprint density at radius 2 is 1.95 bits per heavy atom. The molecular weight excluding hydrogens is 537 g/mol. The maximum Gasteiger partial charge on any atom is 0.146 e. The van der Waals surface area contributed by atoms with E-state index in [1.165, 1.54) is 12.4 Å². The Bertz CT molecular complexity index is 1420. The highest BCUT2D eigenvalue weighted by molar-refractivity contribution is 6.35. The molecule has 0 bridgehead atoms. The van der Waals surface area contributed by atoms with Crippen LogP contribution in [0.25, 0.3) is 0 Å². The third kappa shape index (κ3) is 6.43. The van der Waals surface area contributed by atoms with Gasteiger partial charge in [-0.25, -0.2) is 4.98 Å². The molecule has 3 heterocycles. The van der Waals surface area contributed by atoms with E-state index in [4.69, 9.17) is 39.1 Å². The van der Waals surface area contributed by atoms with Gasteiger partial charge in [0.2, 0.25) is 0 Å². The Hall–Kier alpha value is -3.42. The molecule has 9 nitrogen and oxygen atoms in total. The van der Waals surface area contributed by atoms with E-state index in [1.54, 1.807) is 44.3 Å². The number of pyridine rings is 2. The normalized spacial score (nSPS) is 15.3. The molecular formula is C28H31Cl2N7O2. The maximum absolute atomic E-state index is 10.0. The van der Waals surface area contributed by atoms with Gasteiger partial charge in [0, 0.05) is 60.6 Å². The first-order chi connectivity index (χ1) is 18.3. The third-order valence-corrected chi connectivity index (χ3v) is 7.11. The molecule has 39 heavy (non-hydrogen) atoms. The number of nitrogens with one attached hydrogen (secondary N) is 2. The lowest BCUT2D eigenvalue weighted by Gasteiger charge is -2.50. The molecule has 3 aromatic rings. The molecule has 1 aromatic carbocycles. The fraction of sp³-hybridized carbons (Fsp3) is 0.357. The molecule has 11 heteroatoms. The number of ether oxygens (including phenoxy) is 1. The van der Waals surface area contributed by atoms with Crippen LogP contribution in [-0.4, -0.2) is 51.6 Å². The number of β-amino-alcohol motifs (C(OH)–C–C–N with tert-alkyl or cyclic N) is 1. The zero-order chi connectivity index (χ0) is 28.5. The second kappa shape index (κ2) is 11.0. The molecule has 0 saturated carbocycles. The third-order valence-electron chi connectivity index (χ3n) is 6.51. The number of nitrogen functional groups attached to an aromatic ring is 1. The van der Waals surface area contributed by atoms with Gasteiger partial charge in [-0.3, -0.25) is 10.4 Å². The van der Waals surface area contributed by atoms with Crippen LogP contribution in [0.4, 0.5) is 11.5 Å². The SMILES string of the molecule is C[C@@H](Oc1ccc(N)c(C(=N)c2cnc(N3CC(C)(NCC(C)(C)O)C3)c(C#N)c2)c1)c1c(Cl)cncc1Cl. The van der Waals surface area contributed by atoms with Crippen molar-refractivity contribution < 1.29 is 9.84 Å². The van der Waals surface area contributed by atoms with E-state index >= 15 is 0 Å². The van der Waals surface area contributed by atoms with Crippen LogP contribution in [-0.2, 0) is 0 Å². The number of nitrogens with zero attached hydrogens (tertiary/aromatic N) is 4. The predicted molar refractivity (Wildman–Crippen MR) is 154 cm³/mol.